The number of rotatable bonds is 2. The Morgan fingerprint density at radius 2 is 2.27 bits per heavy atom. The van der Waals surface area contributed by atoms with Crippen molar-refractivity contribution in [2.24, 2.45) is 9.98 Å². The van der Waals surface area contributed by atoms with Gasteiger partial charge in [0.05, 0.1) is 5.71 Å². The van der Waals surface area contributed by atoms with Crippen molar-refractivity contribution in [2.75, 3.05) is 0 Å². The molecule has 1 unspecified atom stereocenters. The SMILES string of the molecule is C=CC1=NC(C)=NC1/C=C\C. The van der Waals surface area contributed by atoms with E-state index >= 15 is 0 Å². The smallest absolute Gasteiger partial charge is 0.121 e. The van der Waals surface area contributed by atoms with Crippen LogP contribution in [0.5, 0.6) is 0 Å². The highest BCUT2D eigenvalue weighted by atomic mass is 15.0. The minimum atomic E-state index is 0.109. The van der Waals surface area contributed by atoms with Crippen molar-refractivity contribution >= 4 is 11.5 Å². The van der Waals surface area contributed by atoms with Gasteiger partial charge in [0.2, 0.25) is 0 Å². The van der Waals surface area contributed by atoms with E-state index in [-0.39, 0.29) is 6.04 Å². The molecule has 0 bridgehead atoms. The van der Waals surface area contributed by atoms with Crippen LogP contribution >= 0.6 is 0 Å². The molecule has 0 aromatic heterocycles. The normalized spacial score (nSPS) is 23.6. The molecule has 2 nitrogen and oxygen atoms in total. The largest absolute Gasteiger partial charge is 0.257 e. The Morgan fingerprint density at radius 1 is 1.55 bits per heavy atom. The number of hydrogen-bond acceptors (Lipinski definition) is 2. The Bertz CT molecular complexity index is 246. The minimum Gasteiger partial charge on any atom is -0.257 e. The molecule has 58 valence electrons. The van der Waals surface area contributed by atoms with E-state index in [1.807, 2.05) is 26.0 Å². The molecule has 0 aromatic rings. The highest BCUT2D eigenvalue weighted by molar-refractivity contribution is 6.11. The number of amidine groups is 1. The number of allylic oxidation sites excluding steroid dienone is 1. The maximum absolute atomic E-state index is 4.29. The molecular formula is C9H12N2. The van der Waals surface area contributed by atoms with Gasteiger partial charge in [0.25, 0.3) is 0 Å². The van der Waals surface area contributed by atoms with Gasteiger partial charge in [0.15, 0.2) is 0 Å². The summed E-state index contributed by atoms with van der Waals surface area (Å²) < 4.78 is 0. The first-order valence-corrected chi connectivity index (χ1v) is 3.66. The Kier molecular flexibility index (Phi) is 2.36. The highest BCUT2D eigenvalue weighted by Gasteiger charge is 2.13. The fourth-order valence-electron chi connectivity index (χ4n) is 1.04. The van der Waals surface area contributed by atoms with Crippen molar-refractivity contribution in [2.45, 2.75) is 19.9 Å². The summed E-state index contributed by atoms with van der Waals surface area (Å²) in [5.74, 6) is 0.836. The van der Waals surface area contributed by atoms with Crippen LogP contribution in [-0.4, -0.2) is 17.6 Å². The fourth-order valence-corrected chi connectivity index (χ4v) is 1.04. The lowest BCUT2D eigenvalue weighted by atomic mass is 10.2. The third kappa shape index (κ3) is 1.64. The van der Waals surface area contributed by atoms with E-state index < -0.39 is 0 Å². The van der Waals surface area contributed by atoms with Crippen LogP contribution in [0.2, 0.25) is 0 Å². The van der Waals surface area contributed by atoms with Crippen LogP contribution in [0.3, 0.4) is 0 Å². The molecule has 0 radical (unpaired) electrons. The van der Waals surface area contributed by atoms with Crippen molar-refractivity contribution in [3.05, 3.63) is 24.8 Å². The summed E-state index contributed by atoms with van der Waals surface area (Å²) in [7, 11) is 0. The number of aliphatic imine (C=N–C) groups is 2. The average Bonchev–Trinajstić information content (AvgIpc) is 2.32. The van der Waals surface area contributed by atoms with Crippen molar-refractivity contribution in [3.63, 3.8) is 0 Å². The van der Waals surface area contributed by atoms with Gasteiger partial charge in [-0.15, -0.1) is 0 Å². The Morgan fingerprint density at radius 3 is 2.82 bits per heavy atom. The van der Waals surface area contributed by atoms with Gasteiger partial charge in [0, 0.05) is 0 Å². The molecule has 0 aromatic carbocycles. The van der Waals surface area contributed by atoms with Crippen LogP contribution in [0, 0.1) is 0 Å². The number of hydrogen-bond donors (Lipinski definition) is 0. The van der Waals surface area contributed by atoms with E-state index in [1.165, 1.54) is 0 Å². The molecule has 11 heavy (non-hydrogen) atoms. The van der Waals surface area contributed by atoms with E-state index in [9.17, 15) is 0 Å². The second-order valence-corrected chi connectivity index (χ2v) is 2.39. The third-order valence-corrected chi connectivity index (χ3v) is 1.50. The fraction of sp³-hybridized carbons (Fsp3) is 0.333. The molecule has 1 heterocycles. The van der Waals surface area contributed by atoms with Crippen LogP contribution < -0.4 is 0 Å². The van der Waals surface area contributed by atoms with Gasteiger partial charge in [-0.1, -0.05) is 18.7 Å². The lowest BCUT2D eigenvalue weighted by molar-refractivity contribution is 1.11. The van der Waals surface area contributed by atoms with Gasteiger partial charge in [0.1, 0.15) is 11.9 Å². The van der Waals surface area contributed by atoms with Crippen LogP contribution in [0.1, 0.15) is 13.8 Å². The van der Waals surface area contributed by atoms with Gasteiger partial charge in [-0.3, -0.25) is 4.99 Å². The lowest BCUT2D eigenvalue weighted by Gasteiger charge is -1.98. The molecule has 1 aliphatic heterocycles. The summed E-state index contributed by atoms with van der Waals surface area (Å²) in [6.07, 6.45) is 5.74. The molecule has 1 atom stereocenters. The minimum absolute atomic E-state index is 0.109. The molecule has 0 saturated heterocycles. The molecule has 0 amide bonds. The van der Waals surface area contributed by atoms with Crippen LogP contribution in [0.15, 0.2) is 34.8 Å². The van der Waals surface area contributed by atoms with Crippen molar-refractivity contribution in [1.82, 2.24) is 0 Å². The van der Waals surface area contributed by atoms with E-state index in [4.69, 9.17) is 0 Å². The van der Waals surface area contributed by atoms with Gasteiger partial charge in [-0.2, -0.15) is 0 Å². The molecule has 1 aliphatic rings. The maximum atomic E-state index is 4.29. The zero-order chi connectivity index (χ0) is 8.27. The first-order chi connectivity index (χ1) is 5.27. The van der Waals surface area contributed by atoms with Crippen LogP contribution in [0.25, 0.3) is 0 Å². The van der Waals surface area contributed by atoms with E-state index in [1.54, 1.807) is 6.08 Å². The zero-order valence-electron chi connectivity index (χ0n) is 6.91. The number of nitrogens with zero attached hydrogens (tertiary/aromatic N) is 2. The Labute approximate surface area is 67.1 Å². The summed E-state index contributed by atoms with van der Waals surface area (Å²) in [5.41, 5.74) is 0.945. The lowest BCUT2D eigenvalue weighted by Crippen LogP contribution is -2.08. The van der Waals surface area contributed by atoms with Gasteiger partial charge in [-0.05, 0) is 19.9 Å². The zero-order valence-corrected chi connectivity index (χ0v) is 6.91. The van der Waals surface area contributed by atoms with Crippen molar-refractivity contribution < 1.29 is 0 Å². The Hall–Kier alpha value is -1.18. The molecule has 0 saturated carbocycles. The highest BCUT2D eigenvalue weighted by Crippen LogP contribution is 2.07. The molecule has 0 N–H and O–H groups in total. The second kappa shape index (κ2) is 3.28. The predicted molar refractivity (Wildman–Crippen MR) is 49.3 cm³/mol. The predicted octanol–water partition coefficient (Wildman–Crippen LogP) is 1.99. The molecule has 0 spiro atoms. The first kappa shape index (κ1) is 7.92. The third-order valence-electron chi connectivity index (χ3n) is 1.50. The average molecular weight is 148 g/mol. The van der Waals surface area contributed by atoms with Gasteiger partial charge >= 0.3 is 0 Å². The first-order valence-electron chi connectivity index (χ1n) is 3.66. The van der Waals surface area contributed by atoms with Crippen molar-refractivity contribution in [1.29, 1.82) is 0 Å². The van der Waals surface area contributed by atoms with Gasteiger partial charge < -0.3 is 0 Å². The van der Waals surface area contributed by atoms with Gasteiger partial charge in [-0.25, -0.2) is 4.99 Å². The van der Waals surface area contributed by atoms with Crippen LogP contribution in [0.4, 0.5) is 0 Å². The second-order valence-electron chi connectivity index (χ2n) is 2.39. The van der Waals surface area contributed by atoms with E-state index in [0.717, 1.165) is 11.5 Å². The molecular weight excluding hydrogens is 136 g/mol. The summed E-state index contributed by atoms with van der Waals surface area (Å²) in [6.45, 7) is 7.54. The molecule has 0 fully saturated rings. The van der Waals surface area contributed by atoms with Crippen molar-refractivity contribution in [3.8, 4) is 0 Å². The molecule has 0 aliphatic carbocycles. The summed E-state index contributed by atoms with van der Waals surface area (Å²) in [4.78, 5) is 8.49. The summed E-state index contributed by atoms with van der Waals surface area (Å²) >= 11 is 0. The maximum Gasteiger partial charge on any atom is 0.121 e. The monoisotopic (exact) mass is 148 g/mol. The topological polar surface area (TPSA) is 24.7 Å². The summed E-state index contributed by atoms with van der Waals surface area (Å²) in [5, 5.41) is 0. The standard InChI is InChI=1S/C9H12N2/c1-4-6-9-8(5-2)10-7(3)11-9/h4-6,9H,2H2,1,3H3/b6-4-. The molecule has 1 rings (SSSR count). The Balaban J connectivity index is 2.83. The summed E-state index contributed by atoms with van der Waals surface area (Å²) in [6, 6.07) is 0.109. The van der Waals surface area contributed by atoms with E-state index in [0.29, 0.717) is 0 Å². The molecule has 2 heteroatoms. The van der Waals surface area contributed by atoms with Crippen LogP contribution in [-0.2, 0) is 0 Å². The quantitative estimate of drug-likeness (QED) is 0.535. The van der Waals surface area contributed by atoms with E-state index in [2.05, 4.69) is 16.6 Å².